The molecule has 0 heterocycles. The van der Waals surface area contributed by atoms with Gasteiger partial charge in [0.1, 0.15) is 0 Å². The molecule has 0 fully saturated rings. The number of unbranched alkanes of at least 4 members (excludes halogenated alkanes) is 3. The van der Waals surface area contributed by atoms with Crippen LogP contribution in [0.25, 0.3) is 0 Å². The van der Waals surface area contributed by atoms with Gasteiger partial charge in [0, 0.05) is 0 Å². The molecule has 0 spiro atoms. The molecule has 74 valence electrons. The summed E-state index contributed by atoms with van der Waals surface area (Å²) in [5, 5.41) is 0. The normalized spacial score (nSPS) is 15.9. The quantitative estimate of drug-likeness (QED) is 0.464. The Morgan fingerprint density at radius 1 is 1.42 bits per heavy atom. The summed E-state index contributed by atoms with van der Waals surface area (Å²) >= 11 is 0. The lowest BCUT2D eigenvalue weighted by Gasteiger charge is -2.16. The number of phosphoric acid groups is 1. The standard InChI is InChI=1S/C6H14FO4P/c1-2-3-4-5-6-10-12(8,9)11-7/h2-6H2,1H3,(H,8,9)/p-1. The molecule has 0 aliphatic heterocycles. The average Bonchev–Trinajstić information content (AvgIpc) is 2.04. The van der Waals surface area contributed by atoms with Gasteiger partial charge in [0.15, 0.2) is 0 Å². The lowest BCUT2D eigenvalue weighted by atomic mass is 10.2. The van der Waals surface area contributed by atoms with Crippen LogP contribution in [0, 0.1) is 0 Å². The molecule has 0 amide bonds. The molecule has 1 atom stereocenters. The van der Waals surface area contributed by atoms with E-state index in [-0.39, 0.29) is 6.61 Å². The van der Waals surface area contributed by atoms with Crippen molar-refractivity contribution in [2.45, 2.75) is 32.6 Å². The van der Waals surface area contributed by atoms with Crippen molar-refractivity contribution in [3.8, 4) is 0 Å². The van der Waals surface area contributed by atoms with Crippen LogP contribution in [-0.2, 0) is 13.8 Å². The number of hydrogen-bond acceptors (Lipinski definition) is 4. The average molecular weight is 199 g/mol. The number of halogens is 1. The molecule has 0 saturated heterocycles. The number of phosphoric ester groups is 1. The third-order valence-corrected chi connectivity index (χ3v) is 2.00. The monoisotopic (exact) mass is 199 g/mol. The van der Waals surface area contributed by atoms with Gasteiger partial charge in [-0.1, -0.05) is 26.2 Å². The summed E-state index contributed by atoms with van der Waals surface area (Å²) in [5.41, 5.74) is 0. The third-order valence-electron chi connectivity index (χ3n) is 1.33. The van der Waals surface area contributed by atoms with Gasteiger partial charge in [-0.05, 0) is 10.9 Å². The van der Waals surface area contributed by atoms with Crippen molar-refractivity contribution >= 4 is 7.82 Å². The molecule has 1 unspecified atom stereocenters. The van der Waals surface area contributed by atoms with Gasteiger partial charge in [-0.15, -0.1) is 4.73 Å². The molecule has 0 N–H and O–H groups in total. The summed E-state index contributed by atoms with van der Waals surface area (Å²) in [6.45, 7) is 2.02. The smallest absolute Gasteiger partial charge is 0.303 e. The Labute approximate surface area is 71.2 Å². The first-order chi connectivity index (χ1) is 5.62. The second-order valence-electron chi connectivity index (χ2n) is 2.41. The van der Waals surface area contributed by atoms with Crippen LogP contribution in [0.2, 0.25) is 0 Å². The van der Waals surface area contributed by atoms with Gasteiger partial charge in [-0.3, -0.25) is 4.57 Å². The van der Waals surface area contributed by atoms with Gasteiger partial charge in [0.25, 0.3) is 0 Å². The van der Waals surface area contributed by atoms with Crippen molar-refractivity contribution in [2.75, 3.05) is 6.61 Å². The first kappa shape index (κ1) is 12.0. The minimum atomic E-state index is -4.64. The maximum absolute atomic E-state index is 11.1. The predicted molar refractivity (Wildman–Crippen MR) is 39.9 cm³/mol. The molecule has 0 aliphatic carbocycles. The van der Waals surface area contributed by atoms with Crippen molar-refractivity contribution < 1.29 is 23.2 Å². The van der Waals surface area contributed by atoms with E-state index in [0.717, 1.165) is 19.3 Å². The molecule has 12 heavy (non-hydrogen) atoms. The third kappa shape index (κ3) is 6.73. The molecule has 0 aromatic heterocycles. The van der Waals surface area contributed by atoms with E-state index >= 15 is 0 Å². The van der Waals surface area contributed by atoms with Crippen molar-refractivity contribution in [2.24, 2.45) is 0 Å². The molecule has 0 bridgehead atoms. The molecule has 0 aliphatic rings. The zero-order valence-corrected chi connectivity index (χ0v) is 7.89. The summed E-state index contributed by atoms with van der Waals surface area (Å²) in [7, 11) is -4.64. The van der Waals surface area contributed by atoms with Crippen LogP contribution in [0.15, 0.2) is 0 Å². The van der Waals surface area contributed by atoms with E-state index < -0.39 is 7.82 Å². The maximum atomic E-state index is 11.1. The van der Waals surface area contributed by atoms with Crippen molar-refractivity contribution in [1.82, 2.24) is 0 Å². The summed E-state index contributed by atoms with van der Waals surface area (Å²) < 4.78 is 28.1. The summed E-state index contributed by atoms with van der Waals surface area (Å²) in [4.78, 5) is 10.2. The maximum Gasteiger partial charge on any atom is 0.303 e. The van der Waals surface area contributed by atoms with Crippen molar-refractivity contribution in [3.05, 3.63) is 0 Å². The first-order valence-electron chi connectivity index (χ1n) is 3.88. The topological polar surface area (TPSA) is 58.6 Å². The van der Waals surface area contributed by atoms with E-state index in [1.54, 1.807) is 0 Å². The fourth-order valence-corrected chi connectivity index (χ4v) is 1.12. The number of hydrogen-bond donors (Lipinski definition) is 0. The van der Waals surface area contributed by atoms with Crippen molar-refractivity contribution in [1.29, 1.82) is 0 Å². The predicted octanol–water partition coefficient (Wildman–Crippen LogP) is 1.95. The van der Waals surface area contributed by atoms with Gasteiger partial charge in [-0.25, -0.2) is 0 Å². The van der Waals surface area contributed by atoms with E-state index in [2.05, 4.69) is 9.25 Å². The Bertz CT molecular complexity index is 152. The molecule has 0 radical (unpaired) electrons. The van der Waals surface area contributed by atoms with Gasteiger partial charge >= 0.3 is 7.82 Å². The lowest BCUT2D eigenvalue weighted by molar-refractivity contribution is -0.253. The van der Waals surface area contributed by atoms with Crippen LogP contribution in [0.1, 0.15) is 32.6 Å². The van der Waals surface area contributed by atoms with Crippen LogP contribution < -0.4 is 4.89 Å². The van der Waals surface area contributed by atoms with Crippen LogP contribution >= 0.6 is 7.82 Å². The Morgan fingerprint density at radius 2 is 2.08 bits per heavy atom. The Hall–Kier alpha value is 0.0400. The second-order valence-corrected chi connectivity index (χ2v) is 3.70. The van der Waals surface area contributed by atoms with E-state index in [0.29, 0.717) is 6.42 Å². The highest BCUT2D eigenvalue weighted by atomic mass is 31.2. The summed E-state index contributed by atoms with van der Waals surface area (Å²) in [5.74, 6) is 0. The van der Waals surface area contributed by atoms with E-state index in [4.69, 9.17) is 0 Å². The minimum absolute atomic E-state index is 0.00923. The largest absolute Gasteiger partial charge is 0.754 e. The zero-order valence-electron chi connectivity index (χ0n) is 6.99. The molecular formula is C6H13FO4P-. The fraction of sp³-hybridized carbons (Fsp3) is 1.00. The zero-order chi connectivity index (χ0) is 9.45. The van der Waals surface area contributed by atoms with Crippen LogP contribution in [0.4, 0.5) is 4.53 Å². The first-order valence-corrected chi connectivity index (χ1v) is 5.34. The van der Waals surface area contributed by atoms with Crippen LogP contribution in [-0.4, -0.2) is 6.61 Å². The van der Waals surface area contributed by atoms with E-state index in [1.807, 2.05) is 6.92 Å². The Kier molecular flexibility index (Phi) is 6.57. The van der Waals surface area contributed by atoms with Crippen LogP contribution in [0.3, 0.4) is 0 Å². The molecule has 0 aromatic carbocycles. The van der Waals surface area contributed by atoms with Gasteiger partial charge in [-0.2, -0.15) is 0 Å². The second kappa shape index (κ2) is 6.54. The Morgan fingerprint density at radius 3 is 2.58 bits per heavy atom. The Balaban J connectivity index is 3.25. The highest BCUT2D eigenvalue weighted by Crippen LogP contribution is 2.38. The van der Waals surface area contributed by atoms with Gasteiger partial charge < -0.3 is 9.42 Å². The minimum Gasteiger partial charge on any atom is -0.754 e. The van der Waals surface area contributed by atoms with E-state index in [1.165, 1.54) is 0 Å². The summed E-state index contributed by atoms with van der Waals surface area (Å²) in [6, 6.07) is 0. The highest BCUT2D eigenvalue weighted by Gasteiger charge is 2.08. The lowest BCUT2D eigenvalue weighted by Crippen LogP contribution is -2.05. The fourth-order valence-electron chi connectivity index (χ4n) is 0.725. The van der Waals surface area contributed by atoms with Gasteiger partial charge in [0.05, 0.1) is 6.61 Å². The van der Waals surface area contributed by atoms with E-state index in [9.17, 15) is 14.0 Å². The highest BCUT2D eigenvalue weighted by molar-refractivity contribution is 7.45. The molecule has 0 aromatic rings. The van der Waals surface area contributed by atoms with Gasteiger partial charge in [0.2, 0.25) is 0 Å². The molecular weight excluding hydrogens is 186 g/mol. The molecule has 4 nitrogen and oxygen atoms in total. The molecule has 6 heteroatoms. The molecule has 0 rings (SSSR count). The number of rotatable bonds is 7. The van der Waals surface area contributed by atoms with Crippen LogP contribution in [0.5, 0.6) is 0 Å². The summed E-state index contributed by atoms with van der Waals surface area (Å²) in [6.07, 6.45) is 3.55. The molecule has 0 saturated carbocycles. The van der Waals surface area contributed by atoms with Crippen molar-refractivity contribution in [3.63, 3.8) is 0 Å². The SMILES string of the molecule is CCCCCCOP(=O)([O-])OF.